The summed E-state index contributed by atoms with van der Waals surface area (Å²) in [6.45, 7) is 12.9. The highest BCUT2D eigenvalue weighted by Crippen LogP contribution is 2.19. The number of nitrogens with two attached hydrogens (primary N) is 2. The van der Waals surface area contributed by atoms with E-state index in [1.165, 1.54) is 0 Å². The molecule has 0 unspecified atom stereocenters. The highest BCUT2D eigenvalue weighted by atomic mass is 16.5. The molecule has 0 amide bonds. The van der Waals surface area contributed by atoms with Crippen LogP contribution in [0.1, 0.15) is 68.2 Å². The first kappa shape index (κ1) is 24.0. The molecule has 6 N–H and O–H groups in total. The van der Waals surface area contributed by atoms with Gasteiger partial charge >= 0.3 is 0 Å². The lowest BCUT2D eigenvalue weighted by Gasteiger charge is -2.18. The minimum Gasteiger partial charge on any atom is -0.388 e. The SMILES string of the molecule is C.CC(C)(C)CCC(=N)N.CC(C)(C)OCCC(=N)N. The third-order valence-electron chi connectivity index (χ3n) is 2.05. The quantitative estimate of drug-likeness (QED) is 0.459. The molecule has 0 atom stereocenters. The van der Waals surface area contributed by atoms with Crippen LogP contribution in [0.2, 0.25) is 0 Å². The van der Waals surface area contributed by atoms with Gasteiger partial charge in [-0.1, -0.05) is 28.2 Å². The smallest absolute Gasteiger partial charge is 0.0928 e. The van der Waals surface area contributed by atoms with Gasteiger partial charge in [0, 0.05) is 12.8 Å². The van der Waals surface area contributed by atoms with E-state index >= 15 is 0 Å². The van der Waals surface area contributed by atoms with Crippen molar-refractivity contribution in [2.75, 3.05) is 6.61 Å². The monoisotopic (exact) mass is 288 g/mol. The zero-order valence-corrected chi connectivity index (χ0v) is 13.4. The van der Waals surface area contributed by atoms with Crippen LogP contribution >= 0.6 is 0 Å². The normalized spacial score (nSPS) is 10.9. The second-order valence-corrected chi connectivity index (χ2v) is 6.82. The predicted molar refractivity (Wildman–Crippen MR) is 89.6 cm³/mol. The number of hydrogen-bond acceptors (Lipinski definition) is 3. The maximum Gasteiger partial charge on any atom is 0.0928 e. The highest BCUT2D eigenvalue weighted by Gasteiger charge is 2.09. The summed E-state index contributed by atoms with van der Waals surface area (Å²) >= 11 is 0. The molecule has 0 bridgehead atoms. The number of hydrogen-bond donors (Lipinski definition) is 4. The van der Waals surface area contributed by atoms with E-state index in [4.69, 9.17) is 27.0 Å². The molecule has 0 fully saturated rings. The van der Waals surface area contributed by atoms with E-state index < -0.39 is 0 Å². The Morgan fingerprint density at radius 2 is 1.30 bits per heavy atom. The zero-order valence-electron chi connectivity index (χ0n) is 13.4. The number of ether oxygens (including phenoxy) is 1. The van der Waals surface area contributed by atoms with Crippen molar-refractivity contribution in [2.45, 2.75) is 73.8 Å². The van der Waals surface area contributed by atoms with E-state index in [9.17, 15) is 0 Å². The lowest BCUT2D eigenvalue weighted by atomic mass is 9.90. The maximum absolute atomic E-state index is 6.95. The standard InChI is InChI=1S/C7H16N2O.C7H16N2.CH4/c1-7(2,3)10-5-4-6(8)9;1-7(2,3)5-4-6(8)9;/h4-5H2,1-3H3,(H3,8,9);4-5H2,1-3H3,(H3,8,9);1H4. The predicted octanol–water partition coefficient (Wildman–Crippen LogP) is 3.51. The molecule has 0 aliphatic rings. The van der Waals surface area contributed by atoms with Crippen LogP contribution in [-0.2, 0) is 4.74 Å². The van der Waals surface area contributed by atoms with Gasteiger partial charge in [-0.15, -0.1) is 0 Å². The minimum atomic E-state index is -0.116. The molecular weight excluding hydrogens is 252 g/mol. The van der Waals surface area contributed by atoms with Gasteiger partial charge in [-0.05, 0) is 32.6 Å². The van der Waals surface area contributed by atoms with Crippen molar-refractivity contribution in [3.8, 4) is 0 Å². The molecule has 0 rings (SSSR count). The van der Waals surface area contributed by atoms with Crippen LogP contribution in [0, 0.1) is 16.2 Å². The van der Waals surface area contributed by atoms with Crippen molar-refractivity contribution in [1.29, 1.82) is 10.8 Å². The van der Waals surface area contributed by atoms with Crippen LogP contribution < -0.4 is 11.5 Å². The van der Waals surface area contributed by atoms with Crippen LogP contribution in [0.25, 0.3) is 0 Å². The first-order valence-electron chi connectivity index (χ1n) is 6.63. The summed E-state index contributed by atoms with van der Waals surface area (Å²) < 4.78 is 5.32. The van der Waals surface area contributed by atoms with Gasteiger partial charge in [-0.2, -0.15) is 0 Å². The largest absolute Gasteiger partial charge is 0.388 e. The molecule has 5 heteroatoms. The first-order valence-corrected chi connectivity index (χ1v) is 6.63. The van der Waals surface area contributed by atoms with Gasteiger partial charge in [0.15, 0.2) is 0 Å². The molecule has 20 heavy (non-hydrogen) atoms. The van der Waals surface area contributed by atoms with Crippen molar-refractivity contribution in [3.63, 3.8) is 0 Å². The van der Waals surface area contributed by atoms with E-state index in [1.54, 1.807) is 0 Å². The molecule has 122 valence electrons. The summed E-state index contributed by atoms with van der Waals surface area (Å²) in [4.78, 5) is 0. The molecule has 5 nitrogen and oxygen atoms in total. The fraction of sp³-hybridized carbons (Fsp3) is 0.867. The van der Waals surface area contributed by atoms with Crippen LogP contribution in [0.5, 0.6) is 0 Å². The van der Waals surface area contributed by atoms with Gasteiger partial charge in [0.05, 0.1) is 23.9 Å². The average molecular weight is 288 g/mol. The van der Waals surface area contributed by atoms with Crippen LogP contribution in [0.15, 0.2) is 0 Å². The third-order valence-corrected chi connectivity index (χ3v) is 2.05. The van der Waals surface area contributed by atoms with Crippen LogP contribution in [0.3, 0.4) is 0 Å². The Balaban J connectivity index is -0.000000277. The summed E-state index contributed by atoms with van der Waals surface area (Å²) in [5.41, 5.74) is 10.5. The summed E-state index contributed by atoms with van der Waals surface area (Å²) in [5, 5.41) is 13.9. The van der Waals surface area contributed by atoms with Gasteiger partial charge in [-0.25, -0.2) is 0 Å². The Morgan fingerprint density at radius 3 is 1.50 bits per heavy atom. The third kappa shape index (κ3) is 30.2. The lowest BCUT2D eigenvalue weighted by molar-refractivity contribution is 0.00123. The van der Waals surface area contributed by atoms with E-state index in [-0.39, 0.29) is 18.9 Å². The molecule has 0 heterocycles. The highest BCUT2D eigenvalue weighted by molar-refractivity contribution is 5.77. The Morgan fingerprint density at radius 1 is 0.900 bits per heavy atom. The molecule has 0 aliphatic heterocycles. The molecule has 0 radical (unpaired) electrons. The van der Waals surface area contributed by atoms with Gasteiger partial charge in [-0.3, -0.25) is 10.8 Å². The zero-order chi connectivity index (χ0) is 15.7. The molecule has 0 aromatic heterocycles. The first-order chi connectivity index (χ1) is 8.33. The lowest BCUT2D eigenvalue weighted by Crippen LogP contribution is -2.22. The van der Waals surface area contributed by atoms with Gasteiger partial charge in [0.25, 0.3) is 0 Å². The summed E-state index contributed by atoms with van der Waals surface area (Å²) in [7, 11) is 0. The topological polar surface area (TPSA) is 109 Å². The van der Waals surface area contributed by atoms with Gasteiger partial charge < -0.3 is 16.2 Å². The van der Waals surface area contributed by atoms with Crippen LogP contribution in [0.4, 0.5) is 0 Å². The maximum atomic E-state index is 6.95. The minimum absolute atomic E-state index is 0. The Labute approximate surface area is 125 Å². The number of rotatable bonds is 5. The Hall–Kier alpha value is -1.10. The van der Waals surface area contributed by atoms with E-state index in [0.29, 0.717) is 24.3 Å². The van der Waals surface area contributed by atoms with Gasteiger partial charge in [0.2, 0.25) is 0 Å². The van der Waals surface area contributed by atoms with Crippen molar-refractivity contribution >= 4 is 11.7 Å². The number of nitrogens with one attached hydrogen (secondary N) is 2. The summed E-state index contributed by atoms with van der Waals surface area (Å²) in [6.07, 6.45) is 2.25. The van der Waals surface area contributed by atoms with Gasteiger partial charge in [0.1, 0.15) is 0 Å². The van der Waals surface area contributed by atoms with E-state index in [1.807, 2.05) is 20.8 Å². The molecule has 0 spiro atoms. The second kappa shape index (κ2) is 10.7. The molecule has 0 saturated heterocycles. The number of amidine groups is 2. The molecular formula is C15H36N4O. The molecule has 0 aromatic rings. The fourth-order valence-corrected chi connectivity index (χ4v) is 0.977. The van der Waals surface area contributed by atoms with Crippen molar-refractivity contribution in [1.82, 2.24) is 0 Å². The van der Waals surface area contributed by atoms with E-state index in [0.717, 1.165) is 12.8 Å². The van der Waals surface area contributed by atoms with Crippen molar-refractivity contribution < 1.29 is 4.74 Å². The fourth-order valence-electron chi connectivity index (χ4n) is 0.977. The molecule has 0 aliphatic carbocycles. The van der Waals surface area contributed by atoms with E-state index in [2.05, 4.69) is 20.8 Å². The van der Waals surface area contributed by atoms with Crippen molar-refractivity contribution in [3.05, 3.63) is 0 Å². The average Bonchev–Trinajstić information content (AvgIpc) is 2.12. The van der Waals surface area contributed by atoms with Crippen molar-refractivity contribution in [2.24, 2.45) is 16.9 Å². The molecule has 0 aromatic carbocycles. The summed E-state index contributed by atoms with van der Waals surface area (Å²) in [6, 6.07) is 0. The second-order valence-electron chi connectivity index (χ2n) is 6.82. The Bertz CT molecular complexity index is 275. The summed E-state index contributed by atoms with van der Waals surface area (Å²) in [5.74, 6) is 0.481. The molecule has 0 saturated carbocycles. The van der Waals surface area contributed by atoms with Crippen LogP contribution in [-0.4, -0.2) is 23.9 Å². The Kier molecular flexibility index (Phi) is 12.8.